The summed E-state index contributed by atoms with van der Waals surface area (Å²) >= 11 is 11.4. The molecule has 0 heterocycles. The molecule has 1 N–H and O–H groups in total. The molecule has 3 nitrogen and oxygen atoms in total. The highest BCUT2D eigenvalue weighted by molar-refractivity contribution is 7.95. The van der Waals surface area contributed by atoms with Gasteiger partial charge in [-0.25, -0.2) is 8.42 Å². The van der Waals surface area contributed by atoms with Crippen molar-refractivity contribution in [2.45, 2.75) is 37.5 Å². The molecule has 0 aliphatic rings. The molecule has 0 aliphatic heterocycles. The fourth-order valence-electron chi connectivity index (χ4n) is 0.867. The summed E-state index contributed by atoms with van der Waals surface area (Å²) in [6.07, 6.45) is -1.33. The van der Waals surface area contributed by atoms with Crippen molar-refractivity contribution in [2.75, 3.05) is 5.75 Å². The molecule has 1 atom stereocenters. The van der Waals surface area contributed by atoms with Gasteiger partial charge in [0.15, 0.2) is 9.84 Å². The third-order valence-corrected chi connectivity index (χ3v) is 5.57. The molecule has 0 aliphatic carbocycles. The zero-order chi connectivity index (χ0) is 11.8. The standard InChI is InChI=1S/C8H16Cl2O3S/c1-5-14(12,13)8(9,10)6(11)7(2,3)4/h6,11H,5H2,1-4H3/t6-/m0/s1. The minimum atomic E-state index is -3.70. The van der Waals surface area contributed by atoms with Crippen molar-refractivity contribution >= 4 is 33.0 Å². The summed E-state index contributed by atoms with van der Waals surface area (Å²) in [4.78, 5) is 0. The topological polar surface area (TPSA) is 54.4 Å². The second kappa shape index (κ2) is 4.16. The molecule has 86 valence electrons. The molecule has 0 aromatic rings. The quantitative estimate of drug-likeness (QED) is 0.792. The molecule has 0 aromatic heterocycles. The highest BCUT2D eigenvalue weighted by Gasteiger charge is 2.50. The average Bonchev–Trinajstić information content (AvgIpc) is 2.01. The van der Waals surface area contributed by atoms with Crippen LogP contribution in [0.4, 0.5) is 0 Å². The van der Waals surface area contributed by atoms with Gasteiger partial charge in [0, 0.05) is 0 Å². The van der Waals surface area contributed by atoms with Gasteiger partial charge in [0.2, 0.25) is 3.67 Å². The number of sulfone groups is 1. The average molecular weight is 263 g/mol. The van der Waals surface area contributed by atoms with Gasteiger partial charge in [0.1, 0.15) is 6.10 Å². The van der Waals surface area contributed by atoms with E-state index in [-0.39, 0.29) is 5.75 Å². The molecule has 0 amide bonds. The maximum Gasteiger partial charge on any atom is 0.243 e. The lowest BCUT2D eigenvalue weighted by atomic mass is 9.90. The Kier molecular flexibility index (Phi) is 4.31. The van der Waals surface area contributed by atoms with Gasteiger partial charge < -0.3 is 5.11 Å². The van der Waals surface area contributed by atoms with Gasteiger partial charge in [-0.05, 0) is 5.41 Å². The molecule has 0 saturated carbocycles. The Morgan fingerprint density at radius 3 is 1.86 bits per heavy atom. The van der Waals surface area contributed by atoms with Crippen molar-refractivity contribution in [3.05, 3.63) is 0 Å². The predicted octanol–water partition coefficient (Wildman–Crippen LogP) is 1.96. The largest absolute Gasteiger partial charge is 0.388 e. The monoisotopic (exact) mass is 262 g/mol. The van der Waals surface area contributed by atoms with Crippen LogP contribution in [-0.2, 0) is 9.84 Å². The summed E-state index contributed by atoms with van der Waals surface area (Å²) in [7, 11) is -3.70. The van der Waals surface area contributed by atoms with Crippen molar-refractivity contribution in [1.29, 1.82) is 0 Å². The molecule has 14 heavy (non-hydrogen) atoms. The summed E-state index contributed by atoms with van der Waals surface area (Å²) < 4.78 is 20.8. The van der Waals surface area contributed by atoms with Crippen LogP contribution in [0.15, 0.2) is 0 Å². The smallest absolute Gasteiger partial charge is 0.243 e. The lowest BCUT2D eigenvalue weighted by molar-refractivity contribution is 0.0661. The van der Waals surface area contributed by atoms with Crippen molar-refractivity contribution in [3.63, 3.8) is 0 Å². The number of aliphatic hydroxyl groups is 1. The molecular weight excluding hydrogens is 247 g/mol. The van der Waals surface area contributed by atoms with Crippen molar-refractivity contribution in [2.24, 2.45) is 5.41 Å². The number of aliphatic hydroxyl groups excluding tert-OH is 1. The highest BCUT2D eigenvalue weighted by Crippen LogP contribution is 2.40. The molecule has 0 rings (SSSR count). The van der Waals surface area contributed by atoms with E-state index >= 15 is 0 Å². The summed E-state index contributed by atoms with van der Waals surface area (Å²) in [5.74, 6) is -0.201. The van der Waals surface area contributed by atoms with Crippen LogP contribution in [0, 0.1) is 5.41 Å². The van der Waals surface area contributed by atoms with E-state index in [4.69, 9.17) is 23.2 Å². The summed E-state index contributed by atoms with van der Waals surface area (Å²) in [5, 5.41) is 9.74. The zero-order valence-corrected chi connectivity index (χ0v) is 11.0. The van der Waals surface area contributed by atoms with E-state index < -0.39 is 25.0 Å². The van der Waals surface area contributed by atoms with E-state index in [9.17, 15) is 13.5 Å². The van der Waals surface area contributed by atoms with Crippen LogP contribution in [0.5, 0.6) is 0 Å². The number of hydrogen-bond donors (Lipinski definition) is 1. The third kappa shape index (κ3) is 2.75. The first-order chi connectivity index (χ1) is 5.97. The Labute approximate surface area is 95.3 Å². The molecule has 0 bridgehead atoms. The maximum absolute atomic E-state index is 11.5. The highest BCUT2D eigenvalue weighted by atomic mass is 35.5. The number of rotatable bonds is 3. The molecule has 0 radical (unpaired) electrons. The molecule has 0 unspecified atom stereocenters. The summed E-state index contributed by atoms with van der Waals surface area (Å²) in [5.41, 5.74) is -0.689. The van der Waals surface area contributed by atoms with Gasteiger partial charge in [0.25, 0.3) is 0 Å². The predicted molar refractivity (Wildman–Crippen MR) is 59.4 cm³/mol. The number of halogens is 2. The zero-order valence-electron chi connectivity index (χ0n) is 8.71. The van der Waals surface area contributed by atoms with Crippen molar-refractivity contribution in [1.82, 2.24) is 0 Å². The molecule has 0 aromatic carbocycles. The minimum Gasteiger partial charge on any atom is -0.388 e. The van der Waals surface area contributed by atoms with Crippen LogP contribution < -0.4 is 0 Å². The number of hydrogen-bond acceptors (Lipinski definition) is 3. The Bertz CT molecular complexity index is 290. The third-order valence-electron chi connectivity index (χ3n) is 1.93. The van der Waals surface area contributed by atoms with Gasteiger partial charge in [-0.1, -0.05) is 50.9 Å². The number of alkyl halides is 2. The second-order valence-electron chi connectivity index (χ2n) is 4.23. The van der Waals surface area contributed by atoms with Crippen LogP contribution in [0.1, 0.15) is 27.7 Å². The van der Waals surface area contributed by atoms with E-state index in [0.29, 0.717) is 0 Å². The van der Waals surface area contributed by atoms with Crippen LogP contribution in [0.2, 0.25) is 0 Å². The van der Waals surface area contributed by atoms with E-state index in [1.807, 2.05) is 0 Å². The lowest BCUT2D eigenvalue weighted by Gasteiger charge is -2.34. The van der Waals surface area contributed by atoms with Gasteiger partial charge >= 0.3 is 0 Å². The van der Waals surface area contributed by atoms with Gasteiger partial charge in [-0.2, -0.15) is 0 Å². The first kappa shape index (κ1) is 14.5. The van der Waals surface area contributed by atoms with E-state index in [1.54, 1.807) is 20.8 Å². The first-order valence-electron chi connectivity index (χ1n) is 4.25. The summed E-state index contributed by atoms with van der Waals surface area (Å²) in [6, 6.07) is 0. The van der Waals surface area contributed by atoms with Gasteiger partial charge in [0.05, 0.1) is 5.75 Å². The molecule has 0 saturated heterocycles. The van der Waals surface area contributed by atoms with Crippen molar-refractivity contribution < 1.29 is 13.5 Å². The molecule has 6 heteroatoms. The molecule has 0 spiro atoms. The normalized spacial score (nSPS) is 16.8. The molecule has 0 fully saturated rings. The van der Waals surface area contributed by atoms with Crippen LogP contribution in [0.3, 0.4) is 0 Å². The SMILES string of the molecule is CCS(=O)(=O)C(Cl)(Cl)[C@@H](O)C(C)(C)C. The van der Waals surface area contributed by atoms with E-state index in [2.05, 4.69) is 0 Å². The van der Waals surface area contributed by atoms with Crippen molar-refractivity contribution in [3.8, 4) is 0 Å². The second-order valence-corrected chi connectivity index (χ2v) is 8.52. The van der Waals surface area contributed by atoms with Gasteiger partial charge in [-0.3, -0.25) is 0 Å². The minimum absolute atomic E-state index is 0.201. The fourth-order valence-corrected chi connectivity index (χ4v) is 3.25. The maximum atomic E-state index is 11.5. The fraction of sp³-hybridized carbons (Fsp3) is 1.00. The Morgan fingerprint density at radius 1 is 1.29 bits per heavy atom. The van der Waals surface area contributed by atoms with Gasteiger partial charge in [-0.15, -0.1) is 0 Å². The Hall–Kier alpha value is 0.490. The lowest BCUT2D eigenvalue weighted by Crippen LogP contribution is -2.47. The molecular formula is C8H16Cl2O3S. The van der Waals surface area contributed by atoms with Crippen LogP contribution >= 0.6 is 23.2 Å². The van der Waals surface area contributed by atoms with E-state index in [0.717, 1.165) is 0 Å². The Balaban J connectivity index is 5.18. The van der Waals surface area contributed by atoms with Crippen LogP contribution in [0.25, 0.3) is 0 Å². The summed E-state index contributed by atoms with van der Waals surface area (Å²) in [6.45, 7) is 6.44. The first-order valence-corrected chi connectivity index (χ1v) is 6.65. The van der Waals surface area contributed by atoms with E-state index in [1.165, 1.54) is 6.92 Å². The Morgan fingerprint density at radius 2 is 1.64 bits per heavy atom. The van der Waals surface area contributed by atoms with Crippen LogP contribution in [-0.4, -0.2) is 29.0 Å².